The molecule has 4 rings (SSSR count). The summed E-state index contributed by atoms with van der Waals surface area (Å²) >= 11 is 3.51. The Balaban J connectivity index is 1.78. The van der Waals surface area contributed by atoms with Gasteiger partial charge in [0.15, 0.2) is 0 Å². The van der Waals surface area contributed by atoms with Crippen molar-refractivity contribution in [3.8, 4) is 5.75 Å². The van der Waals surface area contributed by atoms with Gasteiger partial charge in [0.1, 0.15) is 18.3 Å². The maximum absolute atomic E-state index is 14.5. The minimum atomic E-state index is -4.20. The second kappa shape index (κ2) is 16.4. The molecular weight excluding hydrogens is 666 g/mol. The largest absolute Gasteiger partial charge is 0.494 e. The molecule has 2 atom stereocenters. The molecule has 0 aliphatic rings. The minimum absolute atomic E-state index is 0.0153. The third-order valence-electron chi connectivity index (χ3n) is 7.56. The normalized spacial score (nSPS) is 12.5. The van der Waals surface area contributed by atoms with Crippen LogP contribution in [0.3, 0.4) is 0 Å². The number of sulfonamides is 1. The predicted molar refractivity (Wildman–Crippen MR) is 185 cm³/mol. The van der Waals surface area contributed by atoms with Gasteiger partial charge in [0.2, 0.25) is 11.8 Å². The highest BCUT2D eigenvalue weighted by Crippen LogP contribution is 2.26. The highest BCUT2D eigenvalue weighted by Gasteiger charge is 2.35. The van der Waals surface area contributed by atoms with Gasteiger partial charge in [-0.1, -0.05) is 83.5 Å². The lowest BCUT2D eigenvalue weighted by molar-refractivity contribution is -0.140. The maximum Gasteiger partial charge on any atom is 0.264 e. The van der Waals surface area contributed by atoms with Crippen molar-refractivity contribution in [3.05, 3.63) is 125 Å². The molecule has 0 aliphatic carbocycles. The van der Waals surface area contributed by atoms with Crippen LogP contribution in [-0.4, -0.2) is 50.4 Å². The van der Waals surface area contributed by atoms with Crippen LogP contribution in [-0.2, 0) is 32.6 Å². The number of rotatable bonds is 15. The molecule has 0 fully saturated rings. The van der Waals surface area contributed by atoms with Crippen molar-refractivity contribution in [2.24, 2.45) is 0 Å². The summed E-state index contributed by atoms with van der Waals surface area (Å²) in [7, 11) is -4.20. The first-order valence-electron chi connectivity index (χ1n) is 15.3. The number of nitrogens with zero attached hydrogens (tertiary/aromatic N) is 2. The molecule has 4 aromatic rings. The summed E-state index contributed by atoms with van der Waals surface area (Å²) in [6.07, 6.45) is 0.964. The average molecular weight is 707 g/mol. The van der Waals surface area contributed by atoms with Crippen LogP contribution in [0.15, 0.2) is 119 Å². The number of hydrogen-bond donors (Lipinski definition) is 1. The van der Waals surface area contributed by atoms with Crippen LogP contribution < -0.4 is 14.4 Å². The van der Waals surface area contributed by atoms with Gasteiger partial charge in [-0.05, 0) is 79.9 Å². The van der Waals surface area contributed by atoms with Gasteiger partial charge < -0.3 is 15.0 Å². The monoisotopic (exact) mass is 705 g/mol. The van der Waals surface area contributed by atoms with Gasteiger partial charge in [-0.25, -0.2) is 8.42 Å². The second-order valence-electron chi connectivity index (χ2n) is 10.9. The summed E-state index contributed by atoms with van der Waals surface area (Å²) in [5.41, 5.74) is 1.99. The molecule has 8 nitrogen and oxygen atoms in total. The fraction of sp³-hybridized carbons (Fsp3) is 0.278. The second-order valence-corrected chi connectivity index (χ2v) is 13.7. The van der Waals surface area contributed by atoms with E-state index < -0.39 is 28.5 Å². The molecule has 0 saturated carbocycles. The van der Waals surface area contributed by atoms with Crippen molar-refractivity contribution in [3.63, 3.8) is 0 Å². The Hall–Kier alpha value is -4.15. The van der Waals surface area contributed by atoms with Gasteiger partial charge in [-0.3, -0.25) is 13.9 Å². The Bertz CT molecular complexity index is 1690. The van der Waals surface area contributed by atoms with Crippen molar-refractivity contribution in [1.82, 2.24) is 10.2 Å². The molecule has 242 valence electrons. The van der Waals surface area contributed by atoms with Gasteiger partial charge in [0, 0.05) is 23.5 Å². The van der Waals surface area contributed by atoms with E-state index in [1.807, 2.05) is 75.4 Å². The molecular formula is C36H40BrN3O5S. The summed E-state index contributed by atoms with van der Waals surface area (Å²) in [6.45, 7) is 5.76. The summed E-state index contributed by atoms with van der Waals surface area (Å²) in [4.78, 5) is 30.0. The Morgan fingerprint density at radius 3 is 2.09 bits per heavy atom. The topological polar surface area (TPSA) is 96.0 Å². The first kappa shape index (κ1) is 34.7. The summed E-state index contributed by atoms with van der Waals surface area (Å²) in [5.74, 6) is -0.277. The SMILES string of the molecule is CCOc1ccc(S(=O)(=O)N(CC(=O)N(Cc2cccc(Br)c2)C(Cc2ccccc2)C(=O)NC(C)CC)c2ccccc2)cc1. The zero-order valence-electron chi connectivity index (χ0n) is 26.3. The smallest absolute Gasteiger partial charge is 0.264 e. The van der Waals surface area contributed by atoms with Gasteiger partial charge in [-0.2, -0.15) is 0 Å². The minimum Gasteiger partial charge on any atom is -0.494 e. The van der Waals surface area contributed by atoms with Crippen molar-refractivity contribution in [2.75, 3.05) is 17.5 Å². The molecule has 0 heterocycles. The van der Waals surface area contributed by atoms with Gasteiger partial charge in [-0.15, -0.1) is 0 Å². The fourth-order valence-corrected chi connectivity index (χ4v) is 6.81. The number of carbonyl (C=O) groups excluding carboxylic acids is 2. The first-order valence-corrected chi connectivity index (χ1v) is 17.5. The average Bonchev–Trinajstić information content (AvgIpc) is 3.06. The van der Waals surface area contributed by atoms with Crippen LogP contribution >= 0.6 is 15.9 Å². The Morgan fingerprint density at radius 1 is 0.848 bits per heavy atom. The van der Waals surface area contributed by atoms with E-state index in [4.69, 9.17) is 4.74 Å². The van der Waals surface area contributed by atoms with Crippen LogP contribution in [0.1, 0.15) is 38.3 Å². The van der Waals surface area contributed by atoms with Gasteiger partial charge in [0.25, 0.3) is 10.0 Å². The zero-order valence-corrected chi connectivity index (χ0v) is 28.7. The predicted octanol–water partition coefficient (Wildman–Crippen LogP) is 6.60. The van der Waals surface area contributed by atoms with Crippen LogP contribution in [0.5, 0.6) is 5.75 Å². The molecule has 2 amide bonds. The van der Waals surface area contributed by atoms with E-state index in [-0.39, 0.29) is 29.8 Å². The van der Waals surface area contributed by atoms with E-state index in [9.17, 15) is 18.0 Å². The summed E-state index contributed by atoms with van der Waals surface area (Å²) in [5, 5.41) is 3.05. The maximum atomic E-state index is 14.5. The number of amides is 2. The van der Waals surface area contributed by atoms with Crippen molar-refractivity contribution in [1.29, 1.82) is 0 Å². The lowest BCUT2D eigenvalue weighted by atomic mass is 10.0. The van der Waals surface area contributed by atoms with E-state index >= 15 is 0 Å². The number of nitrogens with one attached hydrogen (secondary N) is 1. The summed E-state index contributed by atoms with van der Waals surface area (Å²) < 4.78 is 35.8. The number of ether oxygens (including phenoxy) is 1. The molecule has 0 bridgehead atoms. The molecule has 10 heteroatoms. The molecule has 0 saturated heterocycles. The number of halogens is 1. The standard InChI is InChI=1S/C36H40BrN3O5S/c1-4-27(3)38-36(42)34(24-28-13-8-6-9-14-28)39(25-29-15-12-16-30(37)23-29)35(41)26-40(31-17-10-7-11-18-31)46(43,44)33-21-19-32(20-22-33)45-5-2/h6-23,27,34H,4-5,24-26H2,1-3H3,(H,38,42). The Kier molecular flexibility index (Phi) is 12.4. The Labute approximate surface area is 280 Å². The quantitative estimate of drug-likeness (QED) is 0.150. The van der Waals surface area contributed by atoms with E-state index in [0.717, 1.165) is 19.9 Å². The lowest BCUT2D eigenvalue weighted by Gasteiger charge is -2.34. The van der Waals surface area contributed by atoms with Crippen molar-refractivity contribution < 1.29 is 22.7 Å². The van der Waals surface area contributed by atoms with Crippen LogP contribution in [0.2, 0.25) is 0 Å². The van der Waals surface area contributed by atoms with Gasteiger partial charge in [0.05, 0.1) is 17.2 Å². The molecule has 0 aliphatic heterocycles. The number of anilines is 1. The van der Waals surface area contributed by atoms with Crippen LogP contribution in [0.4, 0.5) is 5.69 Å². The molecule has 0 spiro atoms. The number of benzene rings is 4. The fourth-order valence-electron chi connectivity index (χ4n) is 4.95. The highest BCUT2D eigenvalue weighted by molar-refractivity contribution is 9.10. The van der Waals surface area contributed by atoms with E-state index in [1.54, 1.807) is 42.5 Å². The molecule has 0 radical (unpaired) electrons. The first-order chi connectivity index (χ1) is 22.1. The molecule has 46 heavy (non-hydrogen) atoms. The third kappa shape index (κ3) is 9.20. The van der Waals surface area contributed by atoms with E-state index in [0.29, 0.717) is 24.5 Å². The zero-order chi connectivity index (χ0) is 33.1. The molecule has 1 N–H and O–H groups in total. The van der Waals surface area contributed by atoms with E-state index in [1.165, 1.54) is 17.0 Å². The van der Waals surface area contributed by atoms with Crippen LogP contribution in [0, 0.1) is 0 Å². The van der Waals surface area contributed by atoms with E-state index in [2.05, 4.69) is 21.2 Å². The number of carbonyl (C=O) groups is 2. The van der Waals surface area contributed by atoms with Gasteiger partial charge >= 0.3 is 0 Å². The lowest BCUT2D eigenvalue weighted by Crippen LogP contribution is -2.54. The highest BCUT2D eigenvalue weighted by atomic mass is 79.9. The number of hydrogen-bond acceptors (Lipinski definition) is 5. The van der Waals surface area contributed by atoms with Crippen molar-refractivity contribution in [2.45, 2.75) is 57.1 Å². The molecule has 4 aromatic carbocycles. The molecule has 0 aromatic heterocycles. The van der Waals surface area contributed by atoms with Crippen LogP contribution in [0.25, 0.3) is 0 Å². The summed E-state index contributed by atoms with van der Waals surface area (Å²) in [6, 6.07) is 30.6. The number of para-hydroxylation sites is 1. The Morgan fingerprint density at radius 2 is 1.48 bits per heavy atom. The van der Waals surface area contributed by atoms with Crippen molar-refractivity contribution >= 4 is 43.5 Å². The third-order valence-corrected chi connectivity index (χ3v) is 9.84. The molecule has 2 unspecified atom stereocenters.